The van der Waals surface area contributed by atoms with Gasteiger partial charge < -0.3 is 9.64 Å². The van der Waals surface area contributed by atoms with Crippen LogP contribution in [0.1, 0.15) is 48.2 Å². The standard InChI is InChI=1S/C44H37NO2/c1-4-31-19-20-36(30(2)3)29-41(31)34-23-27-38(28-24-34)47-44(46)35-21-25-37(26-22-35)45(42-17-9-13-32-11-5-7-15-39(32)42)43-18-10-14-33-12-6-8-16-40(33)43/h5-30H,4H2,1-3H3. The first-order valence-electron chi connectivity index (χ1n) is 16.3. The van der Waals surface area contributed by atoms with Crippen molar-refractivity contribution in [2.75, 3.05) is 4.90 Å². The van der Waals surface area contributed by atoms with Crippen LogP contribution in [0.25, 0.3) is 32.7 Å². The minimum absolute atomic E-state index is 0.387. The highest BCUT2D eigenvalue weighted by atomic mass is 16.5. The van der Waals surface area contributed by atoms with Crippen LogP contribution in [0.15, 0.2) is 152 Å². The fourth-order valence-corrected chi connectivity index (χ4v) is 6.36. The number of hydrogen-bond acceptors (Lipinski definition) is 3. The summed E-state index contributed by atoms with van der Waals surface area (Å²) in [5.41, 5.74) is 8.56. The SMILES string of the molecule is CCc1ccc(C(C)C)cc1-c1ccc(OC(=O)c2ccc(N(c3cccc4ccccc34)c3cccc4ccccc34)cc2)cc1. The Morgan fingerprint density at radius 3 is 1.79 bits per heavy atom. The molecule has 0 spiro atoms. The monoisotopic (exact) mass is 611 g/mol. The summed E-state index contributed by atoms with van der Waals surface area (Å²) in [7, 11) is 0. The number of carbonyl (C=O) groups excluding carboxylic acids is 1. The van der Waals surface area contributed by atoms with Crippen molar-refractivity contribution in [2.24, 2.45) is 0 Å². The van der Waals surface area contributed by atoms with E-state index in [1.54, 1.807) is 0 Å². The highest BCUT2D eigenvalue weighted by molar-refractivity contribution is 6.05. The smallest absolute Gasteiger partial charge is 0.343 e. The molecule has 0 radical (unpaired) electrons. The Labute approximate surface area is 276 Å². The van der Waals surface area contributed by atoms with Crippen LogP contribution < -0.4 is 9.64 Å². The van der Waals surface area contributed by atoms with Gasteiger partial charge in [0.25, 0.3) is 0 Å². The molecule has 0 unspecified atom stereocenters. The summed E-state index contributed by atoms with van der Waals surface area (Å²) in [6, 6.07) is 51.9. The van der Waals surface area contributed by atoms with Crippen LogP contribution in [0.2, 0.25) is 0 Å². The summed E-state index contributed by atoms with van der Waals surface area (Å²) < 4.78 is 5.84. The molecule has 0 aliphatic carbocycles. The van der Waals surface area contributed by atoms with Crippen LogP contribution in [0.3, 0.4) is 0 Å². The van der Waals surface area contributed by atoms with Crippen LogP contribution in [-0.4, -0.2) is 5.97 Å². The summed E-state index contributed by atoms with van der Waals surface area (Å²) in [6.45, 7) is 6.61. The number of esters is 1. The molecule has 0 N–H and O–H groups in total. The van der Waals surface area contributed by atoms with Gasteiger partial charge in [-0.15, -0.1) is 0 Å². The third-order valence-electron chi connectivity index (χ3n) is 8.93. The van der Waals surface area contributed by atoms with Crippen molar-refractivity contribution in [2.45, 2.75) is 33.1 Å². The molecule has 7 aromatic carbocycles. The van der Waals surface area contributed by atoms with E-state index in [1.165, 1.54) is 27.5 Å². The Morgan fingerprint density at radius 1 is 0.638 bits per heavy atom. The first kappa shape index (κ1) is 30.0. The van der Waals surface area contributed by atoms with Crippen LogP contribution >= 0.6 is 0 Å². The predicted octanol–water partition coefficient (Wildman–Crippen LogP) is 12.0. The second kappa shape index (κ2) is 13.0. The number of fused-ring (bicyclic) bond motifs is 2. The number of nitrogens with zero attached hydrogens (tertiary/aromatic N) is 1. The van der Waals surface area contributed by atoms with Gasteiger partial charge in [-0.2, -0.15) is 0 Å². The van der Waals surface area contributed by atoms with Crippen molar-refractivity contribution in [1.29, 1.82) is 0 Å². The Hall–Kier alpha value is -5.67. The third-order valence-corrected chi connectivity index (χ3v) is 8.93. The van der Waals surface area contributed by atoms with E-state index in [1.807, 2.05) is 48.5 Å². The average Bonchev–Trinajstić information content (AvgIpc) is 3.12. The molecule has 7 aromatic rings. The first-order valence-corrected chi connectivity index (χ1v) is 16.3. The summed E-state index contributed by atoms with van der Waals surface area (Å²) in [6.07, 6.45) is 0.957. The Bertz CT molecular complexity index is 2110. The third kappa shape index (κ3) is 6.01. The number of rotatable bonds is 8. The van der Waals surface area contributed by atoms with Crippen LogP contribution in [-0.2, 0) is 6.42 Å². The molecule has 0 bridgehead atoms. The molecular weight excluding hydrogens is 574 g/mol. The van der Waals surface area contributed by atoms with Gasteiger partial charge >= 0.3 is 5.97 Å². The lowest BCUT2D eigenvalue weighted by molar-refractivity contribution is 0.0735. The number of anilines is 3. The van der Waals surface area contributed by atoms with E-state index in [9.17, 15) is 4.79 Å². The number of hydrogen-bond donors (Lipinski definition) is 0. The second-order valence-electron chi connectivity index (χ2n) is 12.2. The van der Waals surface area contributed by atoms with E-state index in [2.05, 4.69) is 129 Å². The minimum atomic E-state index is -0.387. The molecule has 3 nitrogen and oxygen atoms in total. The lowest BCUT2D eigenvalue weighted by atomic mass is 9.92. The summed E-state index contributed by atoms with van der Waals surface area (Å²) in [5, 5.41) is 4.63. The zero-order valence-electron chi connectivity index (χ0n) is 27.0. The highest BCUT2D eigenvalue weighted by Gasteiger charge is 2.19. The molecule has 47 heavy (non-hydrogen) atoms. The molecule has 0 saturated carbocycles. The van der Waals surface area contributed by atoms with E-state index in [0.717, 1.165) is 39.8 Å². The van der Waals surface area contributed by atoms with Gasteiger partial charge in [0, 0.05) is 16.5 Å². The van der Waals surface area contributed by atoms with Gasteiger partial charge in [0.1, 0.15) is 5.75 Å². The number of carbonyl (C=O) groups is 1. The van der Waals surface area contributed by atoms with E-state index in [0.29, 0.717) is 17.2 Å². The zero-order valence-corrected chi connectivity index (χ0v) is 27.0. The number of ether oxygens (including phenoxy) is 1. The van der Waals surface area contributed by atoms with E-state index >= 15 is 0 Å². The molecule has 0 amide bonds. The molecule has 0 saturated heterocycles. The van der Waals surface area contributed by atoms with E-state index < -0.39 is 0 Å². The first-order chi connectivity index (χ1) is 23.0. The second-order valence-corrected chi connectivity index (χ2v) is 12.2. The predicted molar refractivity (Wildman–Crippen MR) is 196 cm³/mol. The molecule has 0 aromatic heterocycles. The van der Waals surface area contributed by atoms with Crippen molar-refractivity contribution in [1.82, 2.24) is 0 Å². The van der Waals surface area contributed by atoms with Crippen molar-refractivity contribution >= 4 is 44.6 Å². The van der Waals surface area contributed by atoms with Gasteiger partial charge in [0.2, 0.25) is 0 Å². The number of benzene rings is 7. The molecule has 0 heterocycles. The van der Waals surface area contributed by atoms with Crippen molar-refractivity contribution in [3.63, 3.8) is 0 Å². The molecule has 3 heteroatoms. The maximum absolute atomic E-state index is 13.3. The fourth-order valence-electron chi connectivity index (χ4n) is 6.36. The summed E-state index contributed by atoms with van der Waals surface area (Å²) in [4.78, 5) is 15.6. The highest BCUT2D eigenvalue weighted by Crippen LogP contribution is 2.42. The molecule has 0 aliphatic rings. The van der Waals surface area contributed by atoms with Crippen molar-refractivity contribution in [3.8, 4) is 16.9 Å². The van der Waals surface area contributed by atoms with Gasteiger partial charge in [0.05, 0.1) is 16.9 Å². The van der Waals surface area contributed by atoms with Gasteiger partial charge in [-0.05, 0) is 93.9 Å². The van der Waals surface area contributed by atoms with E-state index in [4.69, 9.17) is 4.74 Å². The number of aryl methyl sites for hydroxylation is 1. The molecule has 0 fully saturated rings. The Morgan fingerprint density at radius 2 is 1.21 bits per heavy atom. The zero-order chi connectivity index (χ0) is 32.3. The Kier molecular flexibility index (Phi) is 8.29. The molecular formula is C44H37NO2. The van der Waals surface area contributed by atoms with Crippen LogP contribution in [0.4, 0.5) is 17.1 Å². The molecule has 7 rings (SSSR count). The molecule has 0 atom stereocenters. The average molecular weight is 612 g/mol. The molecule has 0 aliphatic heterocycles. The van der Waals surface area contributed by atoms with Crippen LogP contribution in [0, 0.1) is 0 Å². The summed E-state index contributed by atoms with van der Waals surface area (Å²) >= 11 is 0. The topological polar surface area (TPSA) is 29.5 Å². The molecule has 230 valence electrons. The maximum Gasteiger partial charge on any atom is 0.343 e. The van der Waals surface area contributed by atoms with E-state index in [-0.39, 0.29) is 5.97 Å². The maximum atomic E-state index is 13.3. The lowest BCUT2D eigenvalue weighted by Gasteiger charge is -2.28. The summed E-state index contributed by atoms with van der Waals surface area (Å²) in [5.74, 6) is 0.591. The van der Waals surface area contributed by atoms with Crippen molar-refractivity contribution in [3.05, 3.63) is 168 Å². The lowest BCUT2D eigenvalue weighted by Crippen LogP contribution is -2.12. The largest absolute Gasteiger partial charge is 0.423 e. The van der Waals surface area contributed by atoms with Gasteiger partial charge in [-0.1, -0.05) is 124 Å². The van der Waals surface area contributed by atoms with Crippen molar-refractivity contribution < 1.29 is 9.53 Å². The van der Waals surface area contributed by atoms with Gasteiger partial charge in [-0.25, -0.2) is 4.79 Å². The Balaban J connectivity index is 1.19. The van der Waals surface area contributed by atoms with Gasteiger partial charge in [0.15, 0.2) is 0 Å². The fraction of sp³-hybridized carbons (Fsp3) is 0.114. The van der Waals surface area contributed by atoms with Crippen LogP contribution in [0.5, 0.6) is 5.75 Å². The van der Waals surface area contributed by atoms with Gasteiger partial charge in [-0.3, -0.25) is 0 Å². The quantitative estimate of drug-likeness (QED) is 0.126. The normalized spacial score (nSPS) is 11.2. The minimum Gasteiger partial charge on any atom is -0.423 e.